The first-order valence-corrected chi connectivity index (χ1v) is 12.4. The second kappa shape index (κ2) is 11.1. The summed E-state index contributed by atoms with van der Waals surface area (Å²) >= 11 is 5.98. The maximum Gasteiger partial charge on any atom is 0.260 e. The predicted octanol–water partition coefficient (Wildman–Crippen LogP) is 3.33. The fraction of sp³-hybridized carbons (Fsp3) is 0.296. The van der Waals surface area contributed by atoms with Gasteiger partial charge in [-0.2, -0.15) is 0 Å². The average molecular weight is 506 g/mol. The number of aromatic nitrogens is 3. The number of ether oxygens (including phenoxy) is 1. The zero-order chi connectivity index (χ0) is 24.9. The zero-order valence-electron chi connectivity index (χ0n) is 19.9. The number of rotatable bonds is 8. The average Bonchev–Trinajstić information content (AvgIpc) is 3.34. The van der Waals surface area contributed by atoms with Crippen molar-refractivity contribution in [3.8, 4) is 11.4 Å². The highest BCUT2D eigenvalue weighted by atomic mass is 35.5. The Balaban J connectivity index is 1.22. The van der Waals surface area contributed by atoms with E-state index >= 15 is 0 Å². The molecule has 1 saturated heterocycles. The summed E-state index contributed by atoms with van der Waals surface area (Å²) in [4.78, 5) is 18.6. The van der Waals surface area contributed by atoms with Crippen LogP contribution in [0.2, 0.25) is 5.02 Å². The van der Waals surface area contributed by atoms with Crippen molar-refractivity contribution in [2.24, 2.45) is 0 Å². The Bertz CT molecular complexity index is 1300. The molecule has 0 bridgehead atoms. The Labute approximate surface area is 214 Å². The lowest BCUT2D eigenvalue weighted by molar-refractivity contribution is -0.135. The van der Waals surface area contributed by atoms with Crippen LogP contribution in [-0.4, -0.2) is 75.2 Å². The number of halogens is 1. The molecule has 9 heteroatoms. The van der Waals surface area contributed by atoms with Crippen molar-refractivity contribution in [3.05, 3.63) is 82.9 Å². The Kier molecular flexibility index (Phi) is 7.46. The van der Waals surface area contributed by atoms with E-state index in [4.69, 9.17) is 16.3 Å². The van der Waals surface area contributed by atoms with Gasteiger partial charge in [0.05, 0.1) is 0 Å². The van der Waals surface area contributed by atoms with E-state index in [9.17, 15) is 9.90 Å². The molecule has 186 valence electrons. The van der Waals surface area contributed by atoms with Crippen LogP contribution in [0, 0.1) is 0 Å². The van der Waals surface area contributed by atoms with Crippen LogP contribution < -0.4 is 4.74 Å². The van der Waals surface area contributed by atoms with Crippen LogP contribution in [0.4, 0.5) is 0 Å². The van der Waals surface area contributed by atoms with Crippen molar-refractivity contribution < 1.29 is 14.6 Å². The maximum absolute atomic E-state index is 12.9. The van der Waals surface area contributed by atoms with Gasteiger partial charge in [0.2, 0.25) is 0 Å². The van der Waals surface area contributed by atoms with E-state index in [1.54, 1.807) is 0 Å². The monoisotopic (exact) mass is 505 g/mol. The normalized spacial score (nSPS) is 14.3. The molecular weight excluding hydrogens is 478 g/mol. The van der Waals surface area contributed by atoms with Crippen LogP contribution in [0.3, 0.4) is 0 Å². The fourth-order valence-corrected chi connectivity index (χ4v) is 4.45. The molecule has 3 aromatic carbocycles. The Morgan fingerprint density at radius 1 is 0.917 bits per heavy atom. The number of aliphatic hydroxyl groups is 1. The molecule has 1 N–H and O–H groups in total. The van der Waals surface area contributed by atoms with Crippen LogP contribution in [0.1, 0.15) is 11.1 Å². The first kappa shape index (κ1) is 24.2. The molecule has 1 fully saturated rings. The summed E-state index contributed by atoms with van der Waals surface area (Å²) in [7, 11) is 0. The van der Waals surface area contributed by atoms with Gasteiger partial charge in [0.1, 0.15) is 22.5 Å². The molecule has 0 aliphatic carbocycles. The molecule has 1 amide bonds. The number of amides is 1. The van der Waals surface area contributed by atoms with Gasteiger partial charge in [-0.05, 0) is 53.9 Å². The molecule has 0 unspecified atom stereocenters. The lowest BCUT2D eigenvalue weighted by Crippen LogP contribution is -2.49. The second-order valence-electron chi connectivity index (χ2n) is 8.83. The third kappa shape index (κ3) is 5.67. The Hall–Kier alpha value is -3.46. The van der Waals surface area contributed by atoms with Crippen LogP contribution in [0.15, 0.2) is 66.7 Å². The summed E-state index contributed by atoms with van der Waals surface area (Å²) in [5, 5.41) is 19.2. The molecule has 4 aromatic rings. The molecule has 0 atom stereocenters. The summed E-state index contributed by atoms with van der Waals surface area (Å²) in [5.41, 5.74) is 4.31. The van der Waals surface area contributed by atoms with E-state index in [1.165, 1.54) is 10.4 Å². The second-order valence-corrected chi connectivity index (χ2v) is 9.26. The van der Waals surface area contributed by atoms with E-state index in [0.717, 1.165) is 41.3 Å². The van der Waals surface area contributed by atoms with Gasteiger partial charge < -0.3 is 14.7 Å². The van der Waals surface area contributed by atoms with Gasteiger partial charge in [-0.25, -0.2) is 0 Å². The number of benzene rings is 3. The first-order chi connectivity index (χ1) is 17.6. The molecule has 2 heterocycles. The van der Waals surface area contributed by atoms with Gasteiger partial charge >= 0.3 is 0 Å². The number of carbonyl (C=O) groups is 1. The van der Waals surface area contributed by atoms with Gasteiger partial charge in [-0.3, -0.25) is 9.69 Å². The number of aliphatic hydroxyl groups excluding tert-OH is 1. The van der Waals surface area contributed by atoms with Gasteiger partial charge in [0, 0.05) is 44.4 Å². The lowest BCUT2D eigenvalue weighted by Gasteiger charge is -2.34. The van der Waals surface area contributed by atoms with Gasteiger partial charge in [0.25, 0.3) is 5.91 Å². The molecule has 5 rings (SSSR count). The van der Waals surface area contributed by atoms with Gasteiger partial charge in [-0.1, -0.05) is 41.9 Å². The standard InChI is InChI=1S/C27H28ClN5O3/c28-22-8-5-21(6-9-22)18-31-12-14-32(15-13-31)27(35)19-36-26-10-7-20(11-16-34)17-25(26)33-29-23-3-1-2-4-24(23)30-33/h1-10,17,34H,11-16,18-19H2. The third-order valence-electron chi connectivity index (χ3n) is 6.32. The lowest BCUT2D eigenvalue weighted by atomic mass is 10.1. The minimum Gasteiger partial charge on any atom is -0.481 e. The zero-order valence-corrected chi connectivity index (χ0v) is 20.6. The summed E-state index contributed by atoms with van der Waals surface area (Å²) in [6.07, 6.45) is 0.507. The minimum atomic E-state index is -0.0652. The predicted molar refractivity (Wildman–Crippen MR) is 138 cm³/mol. The minimum absolute atomic E-state index is 0.0383. The quantitative estimate of drug-likeness (QED) is 0.395. The SMILES string of the molecule is O=C(COc1ccc(CCO)cc1-n1nc2ccccc2n1)N1CCN(Cc2ccc(Cl)cc2)CC1. The molecule has 0 saturated carbocycles. The first-order valence-electron chi connectivity index (χ1n) is 12.0. The number of hydrogen-bond donors (Lipinski definition) is 1. The van der Waals surface area contributed by atoms with Crippen molar-refractivity contribution in [3.63, 3.8) is 0 Å². The Morgan fingerprint density at radius 3 is 2.25 bits per heavy atom. The van der Waals surface area contributed by atoms with Gasteiger partial charge in [-0.15, -0.1) is 15.0 Å². The van der Waals surface area contributed by atoms with Crippen molar-refractivity contribution in [1.82, 2.24) is 24.8 Å². The fourth-order valence-electron chi connectivity index (χ4n) is 4.33. The van der Waals surface area contributed by atoms with Crippen molar-refractivity contribution in [1.29, 1.82) is 0 Å². The van der Waals surface area contributed by atoms with Crippen LogP contribution in [-0.2, 0) is 17.8 Å². The van der Waals surface area contributed by atoms with Gasteiger partial charge in [0.15, 0.2) is 6.61 Å². The highest BCUT2D eigenvalue weighted by Gasteiger charge is 2.22. The summed E-state index contributed by atoms with van der Waals surface area (Å²) in [6.45, 7) is 3.73. The largest absolute Gasteiger partial charge is 0.481 e. The summed E-state index contributed by atoms with van der Waals surface area (Å²) in [5.74, 6) is 0.469. The molecule has 8 nitrogen and oxygen atoms in total. The highest BCUT2D eigenvalue weighted by Crippen LogP contribution is 2.25. The van der Waals surface area contributed by atoms with Crippen molar-refractivity contribution in [2.45, 2.75) is 13.0 Å². The topological polar surface area (TPSA) is 83.7 Å². The molecule has 36 heavy (non-hydrogen) atoms. The van der Waals surface area contributed by atoms with E-state index in [0.29, 0.717) is 30.9 Å². The van der Waals surface area contributed by atoms with Crippen LogP contribution >= 0.6 is 11.6 Å². The smallest absolute Gasteiger partial charge is 0.260 e. The number of hydrogen-bond acceptors (Lipinski definition) is 6. The molecule has 1 aliphatic heterocycles. The molecule has 1 aromatic heterocycles. The summed E-state index contributed by atoms with van der Waals surface area (Å²) in [6, 6.07) is 21.1. The highest BCUT2D eigenvalue weighted by molar-refractivity contribution is 6.30. The van der Waals surface area contributed by atoms with Crippen LogP contribution in [0.25, 0.3) is 16.7 Å². The molecule has 0 spiro atoms. The number of nitrogens with zero attached hydrogens (tertiary/aromatic N) is 5. The maximum atomic E-state index is 12.9. The molecule has 1 aliphatic rings. The third-order valence-corrected chi connectivity index (χ3v) is 6.57. The number of piperazine rings is 1. The molecular formula is C27H28ClN5O3. The van der Waals surface area contributed by atoms with Crippen LogP contribution in [0.5, 0.6) is 5.75 Å². The Morgan fingerprint density at radius 2 is 1.58 bits per heavy atom. The van der Waals surface area contributed by atoms with E-state index in [-0.39, 0.29) is 19.1 Å². The summed E-state index contributed by atoms with van der Waals surface area (Å²) < 4.78 is 5.99. The molecule has 0 radical (unpaired) electrons. The number of fused-ring (bicyclic) bond motifs is 1. The van der Waals surface area contributed by atoms with Crippen molar-refractivity contribution in [2.75, 3.05) is 39.4 Å². The van der Waals surface area contributed by atoms with Crippen molar-refractivity contribution >= 4 is 28.5 Å². The number of carbonyl (C=O) groups excluding carboxylic acids is 1. The van der Waals surface area contributed by atoms with E-state index in [2.05, 4.69) is 15.1 Å². The van der Waals surface area contributed by atoms with E-state index in [1.807, 2.05) is 71.6 Å². The van der Waals surface area contributed by atoms with E-state index < -0.39 is 0 Å².